The molecule has 2 bridgehead atoms. The van der Waals surface area contributed by atoms with Gasteiger partial charge in [0.1, 0.15) is 5.76 Å². The first-order chi connectivity index (χ1) is 17.0. The summed E-state index contributed by atoms with van der Waals surface area (Å²) >= 11 is 0. The number of likely N-dealkylation sites (N-methyl/N-ethyl adjacent to an activating group) is 1. The zero-order chi connectivity index (χ0) is 26.0. The molecule has 2 aliphatic heterocycles. The van der Waals surface area contributed by atoms with E-state index in [0.717, 1.165) is 11.1 Å². The summed E-state index contributed by atoms with van der Waals surface area (Å²) in [6, 6.07) is 3.67. The minimum Gasteiger partial charge on any atom is -0.493 e. The Kier molecular flexibility index (Phi) is 5.77. The molecule has 2 heterocycles. The Labute approximate surface area is 207 Å². The Balaban J connectivity index is 1.45. The lowest BCUT2D eigenvalue weighted by Gasteiger charge is -2.61. The summed E-state index contributed by atoms with van der Waals surface area (Å²) < 4.78 is 22.5. The SMILES string of the molecule is COc1ccc2c3c1OC1C(OC(=O)[C@H](C)OC(=O)[C@@H](O)CC(=O)O)=CC[C@@]4(O)[C@@H](C2)N(C)CCC314. The van der Waals surface area contributed by atoms with E-state index < -0.39 is 53.7 Å². The molecule has 0 radical (unpaired) electrons. The zero-order valence-electron chi connectivity index (χ0n) is 20.2. The molecule has 1 aromatic carbocycles. The number of carboxylic acid groups (broad SMARTS) is 1. The van der Waals surface area contributed by atoms with Crippen LogP contribution in [-0.2, 0) is 35.7 Å². The molecule has 3 N–H and O–H groups in total. The average molecular weight is 504 g/mol. The minimum absolute atomic E-state index is 0.159. The monoisotopic (exact) mass is 503 g/mol. The summed E-state index contributed by atoms with van der Waals surface area (Å²) in [6.07, 6.45) is -1.89. The summed E-state index contributed by atoms with van der Waals surface area (Å²) in [7, 11) is 3.53. The quantitative estimate of drug-likeness (QED) is 0.440. The van der Waals surface area contributed by atoms with Gasteiger partial charge in [0, 0.05) is 18.0 Å². The lowest BCUT2D eigenvalue weighted by molar-refractivity contribution is -0.178. The summed E-state index contributed by atoms with van der Waals surface area (Å²) in [5.41, 5.74) is -0.0817. The number of carboxylic acids is 1. The number of likely N-dealkylation sites (tertiary alicyclic amines) is 1. The lowest BCUT2D eigenvalue weighted by atomic mass is 9.50. The van der Waals surface area contributed by atoms with Crippen LogP contribution < -0.4 is 9.47 Å². The van der Waals surface area contributed by atoms with Gasteiger partial charge in [0.05, 0.1) is 24.5 Å². The third-order valence-electron chi connectivity index (χ3n) is 8.04. The number of hydrogen-bond donors (Lipinski definition) is 3. The number of aliphatic hydroxyl groups is 2. The third kappa shape index (κ3) is 3.33. The third-order valence-corrected chi connectivity index (χ3v) is 8.04. The Morgan fingerprint density at radius 3 is 2.72 bits per heavy atom. The van der Waals surface area contributed by atoms with Crippen LogP contribution in [0.3, 0.4) is 0 Å². The van der Waals surface area contributed by atoms with E-state index in [9.17, 15) is 24.6 Å². The maximum atomic E-state index is 12.9. The zero-order valence-corrected chi connectivity index (χ0v) is 20.2. The number of aliphatic hydroxyl groups excluding tert-OH is 1. The number of carbonyl (C=O) groups excluding carboxylic acids is 2. The highest BCUT2D eigenvalue weighted by Crippen LogP contribution is 2.65. The molecule has 2 aliphatic carbocycles. The second-order valence-electron chi connectivity index (χ2n) is 9.90. The molecule has 36 heavy (non-hydrogen) atoms. The molecule has 1 fully saturated rings. The average Bonchev–Trinajstić information content (AvgIpc) is 3.18. The maximum Gasteiger partial charge on any atom is 0.352 e. The number of esters is 2. The molecule has 11 heteroatoms. The summed E-state index contributed by atoms with van der Waals surface area (Å²) in [4.78, 5) is 37.7. The van der Waals surface area contributed by atoms with Crippen molar-refractivity contribution in [1.29, 1.82) is 0 Å². The van der Waals surface area contributed by atoms with Gasteiger partial charge in [-0.15, -0.1) is 0 Å². The van der Waals surface area contributed by atoms with E-state index in [1.165, 1.54) is 6.92 Å². The highest BCUT2D eigenvalue weighted by atomic mass is 16.6. The van der Waals surface area contributed by atoms with Gasteiger partial charge >= 0.3 is 17.9 Å². The molecule has 0 saturated carbocycles. The Morgan fingerprint density at radius 2 is 2.03 bits per heavy atom. The first-order valence-electron chi connectivity index (χ1n) is 11.8. The lowest BCUT2D eigenvalue weighted by Crippen LogP contribution is -2.74. The van der Waals surface area contributed by atoms with Gasteiger partial charge in [-0.3, -0.25) is 4.79 Å². The number of carbonyl (C=O) groups is 3. The van der Waals surface area contributed by atoms with Crippen molar-refractivity contribution in [2.75, 3.05) is 20.7 Å². The van der Waals surface area contributed by atoms with Crippen LogP contribution in [0.5, 0.6) is 11.5 Å². The number of piperidine rings is 1. The van der Waals surface area contributed by atoms with Gasteiger partial charge in [-0.25, -0.2) is 9.59 Å². The molecule has 194 valence electrons. The Hall–Kier alpha value is -3.15. The minimum atomic E-state index is -1.91. The fraction of sp³-hybridized carbons (Fsp3) is 0.560. The van der Waals surface area contributed by atoms with Crippen LogP contribution >= 0.6 is 0 Å². The van der Waals surface area contributed by atoms with E-state index in [1.54, 1.807) is 13.2 Å². The summed E-state index contributed by atoms with van der Waals surface area (Å²) in [5.74, 6) is -2.28. The van der Waals surface area contributed by atoms with E-state index in [0.29, 0.717) is 30.9 Å². The van der Waals surface area contributed by atoms with E-state index in [1.807, 2.05) is 19.2 Å². The van der Waals surface area contributed by atoms with Crippen LogP contribution in [0.25, 0.3) is 0 Å². The van der Waals surface area contributed by atoms with E-state index in [4.69, 9.17) is 24.1 Å². The van der Waals surface area contributed by atoms with E-state index in [2.05, 4.69) is 4.90 Å². The Bertz CT molecular complexity index is 1160. The van der Waals surface area contributed by atoms with Gasteiger partial charge in [-0.05, 0) is 51.1 Å². The molecular formula is C25H29NO10. The predicted octanol–water partition coefficient (Wildman–Crippen LogP) is 0.283. The van der Waals surface area contributed by atoms with Gasteiger partial charge in [0.15, 0.2) is 29.8 Å². The largest absolute Gasteiger partial charge is 0.493 e. The van der Waals surface area contributed by atoms with Crippen molar-refractivity contribution in [3.8, 4) is 11.5 Å². The van der Waals surface area contributed by atoms with Crippen molar-refractivity contribution in [2.45, 2.75) is 68.0 Å². The number of methoxy groups -OCH3 is 1. The first-order valence-corrected chi connectivity index (χ1v) is 11.8. The summed E-state index contributed by atoms with van der Waals surface area (Å²) in [5, 5.41) is 30.5. The highest BCUT2D eigenvalue weighted by molar-refractivity contribution is 5.84. The molecule has 5 rings (SSSR count). The van der Waals surface area contributed by atoms with Crippen molar-refractivity contribution in [2.24, 2.45) is 0 Å². The van der Waals surface area contributed by atoms with Crippen LogP contribution in [0, 0.1) is 0 Å². The van der Waals surface area contributed by atoms with Crippen LogP contribution in [0.1, 0.15) is 37.3 Å². The molecule has 6 atom stereocenters. The second kappa shape index (κ2) is 8.46. The van der Waals surface area contributed by atoms with Gasteiger partial charge < -0.3 is 39.2 Å². The van der Waals surface area contributed by atoms with Crippen molar-refractivity contribution in [1.82, 2.24) is 4.90 Å². The first kappa shape index (κ1) is 24.5. The topological polar surface area (TPSA) is 152 Å². The van der Waals surface area contributed by atoms with E-state index in [-0.39, 0.29) is 18.2 Å². The van der Waals surface area contributed by atoms with Crippen LogP contribution in [0.2, 0.25) is 0 Å². The molecule has 1 aromatic rings. The number of benzene rings is 1. The molecule has 1 saturated heterocycles. The van der Waals surface area contributed by atoms with Crippen molar-refractivity contribution >= 4 is 17.9 Å². The molecule has 0 amide bonds. The van der Waals surface area contributed by atoms with Gasteiger partial charge in [0.25, 0.3) is 0 Å². The van der Waals surface area contributed by atoms with Crippen LogP contribution in [-0.4, -0.2) is 88.8 Å². The molecule has 2 unspecified atom stereocenters. The normalized spacial score (nSPS) is 31.3. The molecular weight excluding hydrogens is 474 g/mol. The van der Waals surface area contributed by atoms with Crippen molar-refractivity contribution in [3.63, 3.8) is 0 Å². The van der Waals surface area contributed by atoms with Crippen LogP contribution in [0.4, 0.5) is 0 Å². The number of hydrogen-bond acceptors (Lipinski definition) is 10. The van der Waals surface area contributed by atoms with Crippen LogP contribution in [0.15, 0.2) is 24.0 Å². The van der Waals surface area contributed by atoms with Gasteiger partial charge in [-0.1, -0.05) is 6.07 Å². The fourth-order valence-electron chi connectivity index (χ4n) is 6.34. The fourth-order valence-corrected chi connectivity index (χ4v) is 6.34. The molecule has 4 aliphatic rings. The number of rotatable bonds is 7. The molecule has 0 aromatic heterocycles. The Morgan fingerprint density at radius 1 is 1.28 bits per heavy atom. The number of ether oxygens (including phenoxy) is 4. The summed E-state index contributed by atoms with van der Waals surface area (Å²) in [6.45, 7) is 1.98. The van der Waals surface area contributed by atoms with Gasteiger partial charge in [0.2, 0.25) is 0 Å². The van der Waals surface area contributed by atoms with Gasteiger partial charge in [-0.2, -0.15) is 0 Å². The highest BCUT2D eigenvalue weighted by Gasteiger charge is 2.72. The maximum absolute atomic E-state index is 12.9. The van der Waals surface area contributed by atoms with Crippen molar-refractivity contribution < 1.29 is 48.7 Å². The predicted molar refractivity (Wildman–Crippen MR) is 121 cm³/mol. The smallest absolute Gasteiger partial charge is 0.352 e. The van der Waals surface area contributed by atoms with Crippen molar-refractivity contribution in [3.05, 3.63) is 35.1 Å². The number of nitrogens with zero attached hydrogens (tertiary/aromatic N) is 1. The number of aliphatic carboxylic acids is 1. The van der Waals surface area contributed by atoms with E-state index >= 15 is 0 Å². The molecule has 11 nitrogen and oxygen atoms in total. The standard InChI is InChI=1S/C25H29NO10/c1-12(34-23(31)14(27)11-18(28)29)22(30)35-16-6-7-25(32)17-10-13-4-5-15(33-3)20-19(13)24(25,21(16)36-20)8-9-26(17)2/h4-6,12,14,17,21,27,32H,7-11H2,1-3H3,(H,28,29)/t12-,14-,17+,21?,24?,25+/m0/s1. The second-order valence-corrected chi connectivity index (χ2v) is 9.90. The molecule has 1 spiro atoms.